The van der Waals surface area contributed by atoms with Gasteiger partial charge in [0.2, 0.25) is 0 Å². The highest BCUT2D eigenvalue weighted by Crippen LogP contribution is 2.30. The molecule has 0 unspecified atom stereocenters. The van der Waals surface area contributed by atoms with Crippen molar-refractivity contribution in [2.24, 2.45) is 0 Å². The average Bonchev–Trinajstić information content (AvgIpc) is 2.98. The lowest BCUT2D eigenvalue weighted by molar-refractivity contribution is -0.0511. The van der Waals surface area contributed by atoms with Gasteiger partial charge in [-0.3, -0.25) is 9.98 Å². The first-order chi connectivity index (χ1) is 9.54. The van der Waals surface area contributed by atoms with E-state index in [1.807, 2.05) is 0 Å². The molecule has 10 nitrogen and oxygen atoms in total. The van der Waals surface area contributed by atoms with Crippen LogP contribution in [0.25, 0.3) is 11.2 Å². The number of hydrogen-bond acceptors (Lipinski definition) is 8. The van der Waals surface area contributed by atoms with Crippen LogP contribution in [0.5, 0.6) is 0 Å². The van der Waals surface area contributed by atoms with Gasteiger partial charge >= 0.3 is 0 Å². The molecule has 0 bridgehead atoms. The minimum atomic E-state index is -1.26. The lowest BCUT2D eigenvalue weighted by atomic mass is 10.1. The van der Waals surface area contributed by atoms with Crippen molar-refractivity contribution >= 4 is 11.2 Å². The van der Waals surface area contributed by atoms with Gasteiger partial charge in [-0.15, -0.1) is 0 Å². The van der Waals surface area contributed by atoms with Crippen LogP contribution in [0, 0.1) is 5.41 Å². The molecule has 4 atom stereocenters. The molecule has 3 rings (SSSR count). The summed E-state index contributed by atoms with van der Waals surface area (Å²) in [6.45, 7) is -0.435. The molecule has 0 aromatic carbocycles. The van der Waals surface area contributed by atoms with Crippen LogP contribution in [0.4, 0.5) is 0 Å². The number of aliphatic hydroxyl groups excluding tert-OH is 3. The zero-order valence-corrected chi connectivity index (χ0v) is 10.2. The van der Waals surface area contributed by atoms with E-state index < -0.39 is 31.1 Å². The van der Waals surface area contributed by atoms with Crippen molar-refractivity contribution in [2.75, 3.05) is 6.61 Å². The van der Waals surface area contributed by atoms with Crippen molar-refractivity contribution in [1.82, 2.24) is 19.3 Å². The van der Waals surface area contributed by atoms with Gasteiger partial charge in [0.05, 0.1) is 12.9 Å². The van der Waals surface area contributed by atoms with Crippen molar-refractivity contribution in [3.63, 3.8) is 0 Å². The molecule has 108 valence electrons. The van der Waals surface area contributed by atoms with Crippen LogP contribution in [0.1, 0.15) is 6.23 Å². The Morgan fingerprint density at radius 3 is 2.65 bits per heavy atom. The van der Waals surface area contributed by atoms with E-state index in [-0.39, 0.29) is 16.7 Å². The minimum absolute atomic E-state index is 0.118. The van der Waals surface area contributed by atoms with E-state index in [4.69, 9.17) is 15.3 Å². The molecular weight excluding hydrogens is 270 g/mol. The predicted octanol–water partition coefficient (Wildman–Crippen LogP) is -2.44. The zero-order chi connectivity index (χ0) is 14.4. The van der Waals surface area contributed by atoms with Crippen LogP contribution in [-0.2, 0) is 4.74 Å². The molecule has 2 aromatic heterocycles. The van der Waals surface area contributed by atoms with Gasteiger partial charge in [0.1, 0.15) is 24.6 Å². The second kappa shape index (κ2) is 4.52. The van der Waals surface area contributed by atoms with E-state index in [1.165, 1.54) is 10.9 Å². The molecule has 1 aliphatic rings. The van der Waals surface area contributed by atoms with Gasteiger partial charge in [0, 0.05) is 0 Å². The van der Waals surface area contributed by atoms with Crippen molar-refractivity contribution in [2.45, 2.75) is 24.5 Å². The highest BCUT2D eigenvalue weighted by molar-refractivity contribution is 5.68. The lowest BCUT2D eigenvalue weighted by Crippen LogP contribution is -2.33. The van der Waals surface area contributed by atoms with Crippen LogP contribution >= 0.6 is 0 Å². The summed E-state index contributed by atoms with van der Waals surface area (Å²) in [5, 5.41) is 45.7. The quantitative estimate of drug-likeness (QED) is 0.384. The maximum absolute atomic E-state index is 9.95. The summed E-state index contributed by atoms with van der Waals surface area (Å²) in [5.74, 6) is 0. The fourth-order valence-corrected chi connectivity index (χ4v) is 2.22. The van der Waals surface area contributed by atoms with Gasteiger partial charge in [-0.1, -0.05) is 0 Å². The monoisotopic (exact) mass is 283 g/mol. The summed E-state index contributed by atoms with van der Waals surface area (Å²) >= 11 is 0. The number of nitrogens with one attached hydrogen (secondary N) is 1. The standard InChI is InChI=1S/C10H13N5O5/c11-8-5-9(13-3-15(8)19)14(2-12-5)10-7(18)6(17)4(1-16)20-10/h2-4,6-7,10-11,16-19H,1H2/t4-,6-,7-,10-/m1/s1. The Balaban J connectivity index is 2.08. The topological polar surface area (TPSA) is 150 Å². The van der Waals surface area contributed by atoms with E-state index >= 15 is 0 Å². The fourth-order valence-electron chi connectivity index (χ4n) is 2.22. The Labute approximate surface area is 111 Å². The maximum atomic E-state index is 9.95. The predicted molar refractivity (Wildman–Crippen MR) is 61.6 cm³/mol. The molecule has 3 heterocycles. The third-order valence-electron chi connectivity index (χ3n) is 3.30. The summed E-state index contributed by atoms with van der Waals surface area (Å²) < 4.78 is 7.22. The Hall–Kier alpha value is -2.01. The molecule has 0 saturated carbocycles. The summed E-state index contributed by atoms with van der Waals surface area (Å²) in [5.41, 5.74) is 0.0726. The molecule has 1 saturated heterocycles. The summed E-state index contributed by atoms with van der Waals surface area (Å²) in [6, 6.07) is 0. The Bertz CT molecular complexity index is 697. The number of aromatic nitrogens is 4. The van der Waals surface area contributed by atoms with Crippen molar-refractivity contribution in [3.05, 3.63) is 18.1 Å². The van der Waals surface area contributed by atoms with Crippen molar-refractivity contribution in [1.29, 1.82) is 5.41 Å². The van der Waals surface area contributed by atoms with Gasteiger partial charge in [0.25, 0.3) is 0 Å². The van der Waals surface area contributed by atoms with Crippen molar-refractivity contribution < 1.29 is 25.3 Å². The number of rotatable bonds is 2. The number of hydrogen-bond donors (Lipinski definition) is 5. The molecule has 0 aliphatic carbocycles. The highest BCUT2D eigenvalue weighted by atomic mass is 16.6. The second-order valence-electron chi connectivity index (χ2n) is 4.49. The number of nitrogens with zero attached hydrogens (tertiary/aromatic N) is 4. The Morgan fingerprint density at radius 2 is 2.00 bits per heavy atom. The van der Waals surface area contributed by atoms with Crippen LogP contribution < -0.4 is 5.49 Å². The highest BCUT2D eigenvalue weighted by Gasteiger charge is 2.43. The molecular formula is C10H13N5O5. The van der Waals surface area contributed by atoms with E-state index in [0.29, 0.717) is 4.73 Å². The molecule has 10 heteroatoms. The molecule has 5 N–H and O–H groups in total. The second-order valence-corrected chi connectivity index (χ2v) is 4.49. The van der Waals surface area contributed by atoms with Gasteiger partial charge < -0.3 is 25.3 Å². The maximum Gasteiger partial charge on any atom is 0.192 e. The number of ether oxygens (including phenoxy) is 1. The number of imidazole rings is 1. The van der Waals surface area contributed by atoms with Crippen LogP contribution in [0.15, 0.2) is 12.7 Å². The first-order valence-corrected chi connectivity index (χ1v) is 5.85. The number of fused-ring (bicyclic) bond motifs is 1. The van der Waals surface area contributed by atoms with Crippen LogP contribution in [0.3, 0.4) is 0 Å². The molecule has 1 fully saturated rings. The van der Waals surface area contributed by atoms with Crippen LogP contribution in [-0.4, -0.2) is 64.7 Å². The van der Waals surface area contributed by atoms with Gasteiger partial charge in [0.15, 0.2) is 22.9 Å². The Kier molecular flexibility index (Phi) is 2.94. The van der Waals surface area contributed by atoms with Gasteiger partial charge in [-0.2, -0.15) is 4.73 Å². The molecule has 2 aromatic rings. The summed E-state index contributed by atoms with van der Waals surface area (Å²) in [6.07, 6.45) is -2.07. The zero-order valence-electron chi connectivity index (χ0n) is 10.2. The first kappa shape index (κ1) is 13.0. The molecule has 0 amide bonds. The minimum Gasteiger partial charge on any atom is -0.425 e. The average molecular weight is 283 g/mol. The first-order valence-electron chi connectivity index (χ1n) is 5.85. The third-order valence-corrected chi connectivity index (χ3v) is 3.30. The third kappa shape index (κ3) is 1.70. The molecule has 1 aliphatic heterocycles. The molecule has 0 spiro atoms. The van der Waals surface area contributed by atoms with E-state index in [0.717, 1.165) is 6.33 Å². The van der Waals surface area contributed by atoms with Gasteiger partial charge in [-0.05, 0) is 0 Å². The lowest BCUT2D eigenvalue weighted by Gasteiger charge is -2.16. The molecule has 20 heavy (non-hydrogen) atoms. The Morgan fingerprint density at radius 1 is 1.25 bits per heavy atom. The fraction of sp³-hybridized carbons (Fsp3) is 0.500. The number of aliphatic hydroxyl groups is 3. The molecule has 0 radical (unpaired) electrons. The largest absolute Gasteiger partial charge is 0.425 e. The SMILES string of the molecule is N=c1c2ncn([C@@H]3O[C@H](CO)[C@@H](O)[C@H]3O)c2ncn1O. The van der Waals surface area contributed by atoms with E-state index in [2.05, 4.69) is 9.97 Å². The summed E-state index contributed by atoms with van der Waals surface area (Å²) in [7, 11) is 0. The van der Waals surface area contributed by atoms with Gasteiger partial charge in [-0.25, -0.2) is 9.97 Å². The van der Waals surface area contributed by atoms with E-state index in [1.54, 1.807) is 0 Å². The van der Waals surface area contributed by atoms with Crippen LogP contribution in [0.2, 0.25) is 0 Å². The van der Waals surface area contributed by atoms with E-state index in [9.17, 15) is 15.4 Å². The van der Waals surface area contributed by atoms with Crippen molar-refractivity contribution in [3.8, 4) is 0 Å². The smallest absolute Gasteiger partial charge is 0.192 e. The summed E-state index contributed by atoms with van der Waals surface area (Å²) in [4.78, 5) is 7.85. The normalized spacial score (nSPS) is 30.1.